The minimum Gasteiger partial charge on any atom is -0.383 e. The first-order valence-corrected chi connectivity index (χ1v) is 5.82. The zero-order valence-corrected chi connectivity index (χ0v) is 9.83. The Morgan fingerprint density at radius 2 is 1.76 bits per heavy atom. The van der Waals surface area contributed by atoms with Crippen molar-refractivity contribution in [2.24, 2.45) is 0 Å². The Kier molecular flexibility index (Phi) is 3.42. The van der Waals surface area contributed by atoms with Crippen molar-refractivity contribution in [1.82, 2.24) is 0 Å². The fourth-order valence-corrected chi connectivity index (χ4v) is 2.56. The highest BCUT2D eigenvalue weighted by atomic mass is 35.5. The van der Waals surface area contributed by atoms with Gasteiger partial charge in [-0.1, -0.05) is 11.6 Å². The van der Waals surface area contributed by atoms with E-state index in [0.717, 1.165) is 23.5 Å². The summed E-state index contributed by atoms with van der Waals surface area (Å²) in [6.07, 6.45) is -1.27. The van der Waals surface area contributed by atoms with Crippen LogP contribution in [-0.2, 0) is 0 Å². The molecule has 0 aliphatic carbocycles. The Balaban J connectivity index is 2.45. The Labute approximate surface area is 104 Å². The second kappa shape index (κ2) is 4.68. The van der Waals surface area contributed by atoms with E-state index < -0.39 is 23.6 Å². The van der Waals surface area contributed by atoms with E-state index in [0.29, 0.717) is 9.90 Å². The number of rotatable bonds is 2. The summed E-state index contributed by atoms with van der Waals surface area (Å²) in [5.74, 6) is -4.24. The van der Waals surface area contributed by atoms with E-state index in [1.54, 1.807) is 11.4 Å². The second-order valence-electron chi connectivity index (χ2n) is 3.33. The van der Waals surface area contributed by atoms with Gasteiger partial charge in [-0.15, -0.1) is 11.3 Å². The number of benzene rings is 1. The summed E-state index contributed by atoms with van der Waals surface area (Å²) >= 11 is 6.93. The Morgan fingerprint density at radius 3 is 2.24 bits per heavy atom. The van der Waals surface area contributed by atoms with Gasteiger partial charge < -0.3 is 5.11 Å². The molecule has 0 saturated carbocycles. The minimum absolute atomic E-state index is 0.0780. The summed E-state index contributed by atoms with van der Waals surface area (Å²) in [5, 5.41) is 11.8. The molecule has 1 nitrogen and oxygen atoms in total. The molecule has 1 aromatic carbocycles. The molecule has 0 amide bonds. The lowest BCUT2D eigenvalue weighted by atomic mass is 10.1. The van der Waals surface area contributed by atoms with Crippen LogP contribution in [0.25, 0.3) is 0 Å². The lowest BCUT2D eigenvalue weighted by Gasteiger charge is -2.10. The highest BCUT2D eigenvalue weighted by Gasteiger charge is 2.19. The molecule has 1 N–H and O–H groups in total. The Morgan fingerprint density at radius 1 is 1.18 bits per heavy atom. The first-order chi connectivity index (χ1) is 8.00. The number of aliphatic hydroxyl groups is 1. The van der Waals surface area contributed by atoms with Crippen LogP contribution in [0.1, 0.15) is 16.5 Å². The molecule has 1 atom stereocenters. The third-order valence-electron chi connectivity index (χ3n) is 2.21. The molecule has 0 radical (unpaired) electrons. The van der Waals surface area contributed by atoms with Gasteiger partial charge in [-0.3, -0.25) is 0 Å². The maximum atomic E-state index is 13.0. The largest absolute Gasteiger partial charge is 0.383 e. The SMILES string of the molecule is OC(c1cc(F)c(F)c(F)c1)c1sccc1Cl. The van der Waals surface area contributed by atoms with Crippen molar-refractivity contribution in [2.75, 3.05) is 0 Å². The van der Waals surface area contributed by atoms with E-state index in [-0.39, 0.29) is 5.56 Å². The van der Waals surface area contributed by atoms with Gasteiger partial charge in [-0.05, 0) is 29.1 Å². The summed E-state index contributed by atoms with van der Waals surface area (Å²) in [4.78, 5) is 0.358. The van der Waals surface area contributed by atoms with Crippen LogP contribution in [0.15, 0.2) is 23.6 Å². The van der Waals surface area contributed by atoms with Gasteiger partial charge >= 0.3 is 0 Å². The van der Waals surface area contributed by atoms with Gasteiger partial charge in [0.25, 0.3) is 0 Å². The van der Waals surface area contributed by atoms with Crippen molar-refractivity contribution in [3.8, 4) is 0 Å². The maximum Gasteiger partial charge on any atom is 0.194 e. The van der Waals surface area contributed by atoms with Gasteiger partial charge in [-0.25, -0.2) is 13.2 Å². The topological polar surface area (TPSA) is 20.2 Å². The number of hydrogen-bond acceptors (Lipinski definition) is 2. The average Bonchev–Trinajstić information content (AvgIpc) is 2.70. The highest BCUT2D eigenvalue weighted by molar-refractivity contribution is 7.10. The van der Waals surface area contributed by atoms with Crippen molar-refractivity contribution in [3.05, 3.63) is 56.5 Å². The van der Waals surface area contributed by atoms with Crippen molar-refractivity contribution < 1.29 is 18.3 Å². The molecule has 2 aromatic rings. The van der Waals surface area contributed by atoms with Crippen LogP contribution in [-0.4, -0.2) is 5.11 Å². The van der Waals surface area contributed by atoms with Crippen molar-refractivity contribution >= 4 is 22.9 Å². The molecular weight excluding hydrogens is 273 g/mol. The molecule has 1 aromatic heterocycles. The van der Waals surface area contributed by atoms with E-state index in [4.69, 9.17) is 11.6 Å². The van der Waals surface area contributed by atoms with Crippen LogP contribution in [0, 0.1) is 17.5 Å². The zero-order valence-electron chi connectivity index (χ0n) is 8.25. The predicted octanol–water partition coefficient (Wildman–Crippen LogP) is 3.90. The molecule has 1 unspecified atom stereocenters. The molecule has 0 aliphatic rings. The van der Waals surface area contributed by atoms with Gasteiger partial charge in [0.1, 0.15) is 6.10 Å². The molecule has 90 valence electrons. The Hall–Kier alpha value is -1.04. The summed E-state index contributed by atoms with van der Waals surface area (Å²) in [7, 11) is 0. The smallest absolute Gasteiger partial charge is 0.194 e. The standard InChI is InChI=1S/C11H6ClF3OS/c12-6-1-2-17-11(6)10(16)5-3-7(13)9(15)8(14)4-5/h1-4,10,16H. The average molecular weight is 279 g/mol. The predicted molar refractivity (Wildman–Crippen MR) is 59.7 cm³/mol. The Bertz CT molecular complexity index is 532. The molecule has 1 heterocycles. The summed E-state index contributed by atoms with van der Waals surface area (Å²) in [6, 6.07) is 3.05. The molecule has 2 rings (SSSR count). The minimum atomic E-state index is -1.56. The zero-order chi connectivity index (χ0) is 12.6. The summed E-state index contributed by atoms with van der Waals surface area (Å²) in [6.45, 7) is 0. The van der Waals surface area contributed by atoms with Gasteiger partial charge in [-0.2, -0.15) is 0 Å². The molecule has 0 fully saturated rings. The number of halogens is 4. The van der Waals surface area contributed by atoms with Crippen LogP contribution in [0.2, 0.25) is 5.02 Å². The van der Waals surface area contributed by atoms with E-state index in [9.17, 15) is 18.3 Å². The maximum absolute atomic E-state index is 13.0. The molecule has 0 saturated heterocycles. The van der Waals surface area contributed by atoms with Crippen LogP contribution in [0.5, 0.6) is 0 Å². The van der Waals surface area contributed by atoms with Crippen molar-refractivity contribution in [1.29, 1.82) is 0 Å². The quantitative estimate of drug-likeness (QED) is 0.826. The van der Waals surface area contributed by atoms with Gasteiger partial charge in [0, 0.05) is 0 Å². The summed E-state index contributed by atoms with van der Waals surface area (Å²) in [5.41, 5.74) is -0.0780. The number of thiophene rings is 1. The van der Waals surface area contributed by atoms with Gasteiger partial charge in [0.2, 0.25) is 0 Å². The molecule has 0 aliphatic heterocycles. The lowest BCUT2D eigenvalue weighted by molar-refractivity contribution is 0.222. The molecule has 6 heteroatoms. The van der Waals surface area contributed by atoms with Crippen LogP contribution in [0.3, 0.4) is 0 Å². The first kappa shape index (κ1) is 12.4. The van der Waals surface area contributed by atoms with E-state index >= 15 is 0 Å². The third kappa shape index (κ3) is 2.31. The molecule has 0 bridgehead atoms. The van der Waals surface area contributed by atoms with Crippen LogP contribution < -0.4 is 0 Å². The van der Waals surface area contributed by atoms with Crippen LogP contribution in [0.4, 0.5) is 13.2 Å². The lowest BCUT2D eigenvalue weighted by Crippen LogP contribution is -2.02. The van der Waals surface area contributed by atoms with Gasteiger partial charge in [0.15, 0.2) is 17.5 Å². The molecule has 17 heavy (non-hydrogen) atoms. The van der Waals surface area contributed by atoms with E-state index in [1.165, 1.54) is 0 Å². The van der Waals surface area contributed by atoms with E-state index in [2.05, 4.69) is 0 Å². The van der Waals surface area contributed by atoms with Crippen molar-refractivity contribution in [3.63, 3.8) is 0 Å². The molecule has 0 spiro atoms. The van der Waals surface area contributed by atoms with Gasteiger partial charge in [0.05, 0.1) is 9.90 Å². The van der Waals surface area contributed by atoms with E-state index in [1.807, 2.05) is 0 Å². The number of hydrogen-bond donors (Lipinski definition) is 1. The monoisotopic (exact) mass is 278 g/mol. The fraction of sp³-hybridized carbons (Fsp3) is 0.0909. The first-order valence-electron chi connectivity index (χ1n) is 4.56. The van der Waals surface area contributed by atoms with Crippen LogP contribution >= 0.6 is 22.9 Å². The fourth-order valence-electron chi connectivity index (χ4n) is 1.38. The second-order valence-corrected chi connectivity index (χ2v) is 4.69. The third-order valence-corrected chi connectivity index (χ3v) is 3.63. The normalized spacial score (nSPS) is 12.8. The number of aliphatic hydroxyl groups excluding tert-OH is 1. The summed E-state index contributed by atoms with van der Waals surface area (Å²) < 4.78 is 38.7. The van der Waals surface area contributed by atoms with Crippen molar-refractivity contribution in [2.45, 2.75) is 6.10 Å². The highest BCUT2D eigenvalue weighted by Crippen LogP contribution is 2.33. The molecular formula is C11H6ClF3OS.